The third kappa shape index (κ3) is 4.56. The van der Waals surface area contributed by atoms with Gasteiger partial charge in [-0.3, -0.25) is 4.79 Å². The standard InChI is InChI=1S/C18H17NO2S2/c1-13-6-8-14(9-7-13)22-11-10-18(20)21-12-17-19-15-4-2-3-5-16(15)23-17/h2-9H,10-12H2,1H3. The van der Waals surface area contributed by atoms with Crippen LogP contribution in [0.1, 0.15) is 17.0 Å². The first-order valence-electron chi connectivity index (χ1n) is 7.40. The van der Waals surface area contributed by atoms with Crippen LogP contribution < -0.4 is 0 Å². The van der Waals surface area contributed by atoms with Gasteiger partial charge in [0.15, 0.2) is 0 Å². The summed E-state index contributed by atoms with van der Waals surface area (Å²) in [6, 6.07) is 16.2. The molecule has 0 aliphatic carbocycles. The number of benzene rings is 2. The number of para-hydroxylation sites is 1. The van der Waals surface area contributed by atoms with E-state index in [1.165, 1.54) is 10.5 Å². The number of nitrogens with zero attached hydrogens (tertiary/aromatic N) is 1. The van der Waals surface area contributed by atoms with Crippen LogP contribution in [0.15, 0.2) is 53.4 Å². The van der Waals surface area contributed by atoms with Crippen molar-refractivity contribution >= 4 is 39.3 Å². The average Bonchev–Trinajstić information content (AvgIpc) is 2.98. The predicted molar refractivity (Wildman–Crippen MR) is 95.9 cm³/mol. The van der Waals surface area contributed by atoms with Crippen molar-refractivity contribution in [3.63, 3.8) is 0 Å². The first-order chi connectivity index (χ1) is 11.2. The molecule has 0 atom stereocenters. The van der Waals surface area contributed by atoms with Crippen molar-refractivity contribution in [2.45, 2.75) is 24.8 Å². The van der Waals surface area contributed by atoms with Crippen LogP contribution >= 0.6 is 23.1 Å². The maximum absolute atomic E-state index is 11.8. The summed E-state index contributed by atoms with van der Waals surface area (Å²) in [5, 5.41) is 0.839. The molecule has 118 valence electrons. The minimum Gasteiger partial charge on any atom is -0.458 e. The van der Waals surface area contributed by atoms with E-state index in [2.05, 4.69) is 36.2 Å². The Morgan fingerprint density at radius 3 is 2.74 bits per heavy atom. The molecule has 0 fully saturated rings. The molecular formula is C18H17NO2S2. The molecule has 0 aliphatic rings. The van der Waals surface area contributed by atoms with E-state index in [1.807, 2.05) is 24.3 Å². The fourth-order valence-electron chi connectivity index (χ4n) is 2.08. The lowest BCUT2D eigenvalue weighted by Gasteiger charge is -2.03. The van der Waals surface area contributed by atoms with Gasteiger partial charge in [0, 0.05) is 10.6 Å². The van der Waals surface area contributed by atoms with Gasteiger partial charge in [-0.25, -0.2) is 4.98 Å². The summed E-state index contributed by atoms with van der Waals surface area (Å²) in [4.78, 5) is 17.4. The van der Waals surface area contributed by atoms with Crippen molar-refractivity contribution in [2.75, 3.05) is 5.75 Å². The molecular weight excluding hydrogens is 326 g/mol. The normalized spacial score (nSPS) is 10.8. The molecule has 0 unspecified atom stereocenters. The first kappa shape index (κ1) is 16.0. The SMILES string of the molecule is Cc1ccc(SCCC(=O)OCc2nc3ccccc3s2)cc1. The molecule has 3 nitrogen and oxygen atoms in total. The van der Waals surface area contributed by atoms with E-state index in [9.17, 15) is 4.79 Å². The Balaban J connectivity index is 1.43. The number of rotatable bonds is 6. The molecule has 3 rings (SSSR count). The highest BCUT2D eigenvalue weighted by atomic mass is 32.2. The first-order valence-corrected chi connectivity index (χ1v) is 9.20. The maximum atomic E-state index is 11.8. The molecule has 1 aromatic heterocycles. The summed E-state index contributed by atoms with van der Waals surface area (Å²) in [5.74, 6) is 0.547. The third-order valence-corrected chi connectivity index (χ3v) is 5.31. The van der Waals surface area contributed by atoms with Gasteiger partial charge in [-0.2, -0.15) is 0 Å². The van der Waals surface area contributed by atoms with Crippen LogP contribution in [0.3, 0.4) is 0 Å². The molecule has 0 saturated carbocycles. The van der Waals surface area contributed by atoms with Crippen molar-refractivity contribution in [1.29, 1.82) is 0 Å². The number of fused-ring (bicyclic) bond motifs is 1. The number of carbonyl (C=O) groups is 1. The summed E-state index contributed by atoms with van der Waals surface area (Å²) >= 11 is 3.24. The molecule has 0 bridgehead atoms. The van der Waals surface area contributed by atoms with Gasteiger partial charge >= 0.3 is 5.97 Å². The van der Waals surface area contributed by atoms with E-state index in [0.717, 1.165) is 21.0 Å². The van der Waals surface area contributed by atoms with Gasteiger partial charge in [0.25, 0.3) is 0 Å². The van der Waals surface area contributed by atoms with Gasteiger partial charge in [0.2, 0.25) is 0 Å². The zero-order chi connectivity index (χ0) is 16.1. The van der Waals surface area contributed by atoms with Gasteiger partial charge < -0.3 is 4.74 Å². The second-order valence-corrected chi connectivity index (χ2v) is 7.43. The highest BCUT2D eigenvalue weighted by molar-refractivity contribution is 7.99. The van der Waals surface area contributed by atoms with E-state index in [-0.39, 0.29) is 12.6 Å². The van der Waals surface area contributed by atoms with Gasteiger partial charge in [0.1, 0.15) is 11.6 Å². The summed E-state index contributed by atoms with van der Waals surface area (Å²) in [7, 11) is 0. The number of hydrogen-bond donors (Lipinski definition) is 0. The minimum atomic E-state index is -0.177. The zero-order valence-electron chi connectivity index (χ0n) is 12.8. The third-order valence-electron chi connectivity index (χ3n) is 3.29. The summed E-state index contributed by atoms with van der Waals surface area (Å²) in [6.45, 7) is 2.32. The summed E-state index contributed by atoms with van der Waals surface area (Å²) < 4.78 is 6.43. The molecule has 0 radical (unpaired) electrons. The molecule has 23 heavy (non-hydrogen) atoms. The Morgan fingerprint density at radius 2 is 1.96 bits per heavy atom. The van der Waals surface area contributed by atoms with E-state index in [1.54, 1.807) is 23.1 Å². The van der Waals surface area contributed by atoms with Crippen LogP contribution in [0.25, 0.3) is 10.2 Å². The molecule has 1 heterocycles. The van der Waals surface area contributed by atoms with Crippen molar-refractivity contribution in [1.82, 2.24) is 4.98 Å². The van der Waals surface area contributed by atoms with Crippen LogP contribution in [0.5, 0.6) is 0 Å². The quantitative estimate of drug-likeness (QED) is 0.475. The topological polar surface area (TPSA) is 39.2 Å². The minimum absolute atomic E-state index is 0.177. The lowest BCUT2D eigenvalue weighted by atomic mass is 10.2. The smallest absolute Gasteiger partial charge is 0.307 e. The van der Waals surface area contributed by atoms with E-state index < -0.39 is 0 Å². The number of thiazole rings is 1. The fraction of sp³-hybridized carbons (Fsp3) is 0.222. The van der Waals surface area contributed by atoms with Crippen LogP contribution in [0.4, 0.5) is 0 Å². The number of thioether (sulfide) groups is 1. The Bertz CT molecular complexity index is 763. The zero-order valence-corrected chi connectivity index (χ0v) is 14.5. The Morgan fingerprint density at radius 1 is 1.17 bits per heavy atom. The maximum Gasteiger partial charge on any atom is 0.307 e. The van der Waals surface area contributed by atoms with Crippen LogP contribution in [0.2, 0.25) is 0 Å². The highest BCUT2D eigenvalue weighted by Crippen LogP contribution is 2.22. The van der Waals surface area contributed by atoms with Crippen molar-refractivity contribution < 1.29 is 9.53 Å². The van der Waals surface area contributed by atoms with E-state index >= 15 is 0 Å². The van der Waals surface area contributed by atoms with Crippen LogP contribution in [-0.4, -0.2) is 16.7 Å². The molecule has 0 N–H and O–H groups in total. The molecule has 3 aromatic rings. The molecule has 2 aromatic carbocycles. The van der Waals surface area contributed by atoms with Gasteiger partial charge in [-0.1, -0.05) is 29.8 Å². The number of hydrogen-bond acceptors (Lipinski definition) is 5. The Labute approximate surface area is 143 Å². The number of ether oxygens (including phenoxy) is 1. The Kier molecular flexibility index (Phi) is 5.31. The monoisotopic (exact) mass is 343 g/mol. The summed E-state index contributed by atoms with van der Waals surface area (Å²) in [6.07, 6.45) is 0.406. The molecule has 5 heteroatoms. The molecule has 0 amide bonds. The second-order valence-electron chi connectivity index (χ2n) is 5.15. The Hall–Kier alpha value is -1.85. The molecule has 0 aliphatic heterocycles. The largest absolute Gasteiger partial charge is 0.458 e. The van der Waals surface area contributed by atoms with E-state index in [0.29, 0.717) is 6.42 Å². The van der Waals surface area contributed by atoms with Crippen LogP contribution in [0, 0.1) is 6.92 Å². The van der Waals surface area contributed by atoms with Crippen molar-refractivity contribution in [2.24, 2.45) is 0 Å². The lowest BCUT2D eigenvalue weighted by Crippen LogP contribution is -2.05. The summed E-state index contributed by atoms with van der Waals surface area (Å²) in [5.41, 5.74) is 2.20. The van der Waals surface area contributed by atoms with Crippen molar-refractivity contribution in [3.05, 3.63) is 59.1 Å². The average molecular weight is 343 g/mol. The number of aryl methyl sites for hydroxylation is 1. The number of carbonyl (C=O) groups excluding carboxylic acids is 1. The number of esters is 1. The molecule has 0 saturated heterocycles. The van der Waals surface area contributed by atoms with Crippen molar-refractivity contribution in [3.8, 4) is 0 Å². The molecule has 0 spiro atoms. The second kappa shape index (κ2) is 7.62. The van der Waals surface area contributed by atoms with E-state index in [4.69, 9.17) is 4.74 Å². The predicted octanol–water partition coefficient (Wildman–Crippen LogP) is 4.83. The fourth-order valence-corrected chi connectivity index (χ4v) is 3.80. The highest BCUT2D eigenvalue weighted by Gasteiger charge is 2.07. The van der Waals surface area contributed by atoms with Gasteiger partial charge in [-0.05, 0) is 31.2 Å². The van der Waals surface area contributed by atoms with Gasteiger partial charge in [0.05, 0.1) is 16.6 Å². The lowest BCUT2D eigenvalue weighted by molar-refractivity contribution is -0.144. The number of aromatic nitrogens is 1. The van der Waals surface area contributed by atoms with Crippen LogP contribution in [-0.2, 0) is 16.1 Å². The van der Waals surface area contributed by atoms with Gasteiger partial charge in [-0.15, -0.1) is 23.1 Å².